The van der Waals surface area contributed by atoms with Crippen LogP contribution in [0.15, 0.2) is 0 Å². The molecule has 8 heavy (non-hydrogen) atoms. The second-order valence-corrected chi connectivity index (χ2v) is 1.94. The van der Waals surface area contributed by atoms with Crippen LogP contribution in [0.25, 0.3) is 0 Å². The van der Waals surface area contributed by atoms with Gasteiger partial charge in [0.25, 0.3) is 0 Å². The molecule has 1 aliphatic carbocycles. The second kappa shape index (κ2) is 5.06. The van der Waals surface area contributed by atoms with E-state index in [9.17, 15) is 0 Å². The van der Waals surface area contributed by atoms with Crippen LogP contribution in [-0.2, 0) is 0 Å². The first-order valence-corrected chi connectivity index (χ1v) is 3.15. The summed E-state index contributed by atoms with van der Waals surface area (Å²) >= 11 is 0. The highest BCUT2D eigenvalue weighted by Crippen LogP contribution is 2.16. The summed E-state index contributed by atoms with van der Waals surface area (Å²) in [7, 11) is 1.50. The predicted molar refractivity (Wildman–Crippen MR) is 34.6 cm³/mol. The van der Waals surface area contributed by atoms with Crippen LogP contribution < -0.4 is 5.73 Å². The monoisotopic (exact) mass is 117 g/mol. The third kappa shape index (κ3) is 2.99. The number of hydrogen-bond acceptors (Lipinski definition) is 2. The zero-order valence-corrected chi connectivity index (χ0v) is 5.43. The Morgan fingerprint density at radius 2 is 1.62 bits per heavy atom. The number of aliphatic hydroxyl groups excluding tert-OH is 1. The Hall–Kier alpha value is -0.0800. The molecule has 0 amide bonds. The molecule has 1 fully saturated rings. The summed E-state index contributed by atoms with van der Waals surface area (Å²) < 4.78 is 0. The average molecular weight is 117 g/mol. The third-order valence-electron chi connectivity index (χ3n) is 1.32. The van der Waals surface area contributed by atoms with Crippen LogP contribution in [0.3, 0.4) is 0 Å². The number of hydrogen-bond donors (Lipinski definition) is 2. The summed E-state index contributed by atoms with van der Waals surface area (Å²) in [5.41, 5.74) is 4.50. The molecule has 1 saturated carbocycles. The highest BCUT2D eigenvalue weighted by Gasteiger charge is 2.09. The van der Waals surface area contributed by atoms with E-state index >= 15 is 0 Å². The number of aliphatic hydroxyl groups is 1. The van der Waals surface area contributed by atoms with E-state index in [0.717, 1.165) is 12.8 Å². The summed E-state index contributed by atoms with van der Waals surface area (Å²) in [5.74, 6) is 0. The molecule has 0 bridgehead atoms. The van der Waals surface area contributed by atoms with Gasteiger partial charge >= 0.3 is 0 Å². The van der Waals surface area contributed by atoms with E-state index in [0.29, 0.717) is 0 Å². The third-order valence-corrected chi connectivity index (χ3v) is 1.32. The van der Waals surface area contributed by atoms with E-state index in [1.54, 1.807) is 0 Å². The zero-order chi connectivity index (χ0) is 6.41. The highest BCUT2D eigenvalue weighted by molar-refractivity contribution is 4.63. The smallest absolute Gasteiger partial charge is 0.0540 e. The van der Waals surface area contributed by atoms with E-state index in [4.69, 9.17) is 5.11 Å². The lowest BCUT2D eigenvalue weighted by molar-refractivity contribution is 0.183. The van der Waals surface area contributed by atoms with E-state index < -0.39 is 0 Å². The van der Waals surface area contributed by atoms with Crippen LogP contribution in [0.5, 0.6) is 0 Å². The topological polar surface area (TPSA) is 46.2 Å². The molecule has 3 N–H and O–H groups in total. The highest BCUT2D eigenvalue weighted by atomic mass is 16.3. The maximum atomic E-state index is 8.73. The fraction of sp³-hybridized carbons (Fsp3) is 1.00. The Morgan fingerprint density at radius 3 is 1.75 bits per heavy atom. The molecule has 0 atom stereocenters. The zero-order valence-electron chi connectivity index (χ0n) is 5.43. The molecule has 0 spiro atoms. The molecule has 1 rings (SSSR count). The van der Waals surface area contributed by atoms with Gasteiger partial charge in [-0.05, 0) is 19.9 Å². The first-order valence-electron chi connectivity index (χ1n) is 3.15. The summed E-state index contributed by atoms with van der Waals surface area (Å²) in [6.07, 6.45) is 4.60. The van der Waals surface area contributed by atoms with Crippen molar-refractivity contribution in [3.8, 4) is 0 Å². The molecule has 0 heterocycles. The van der Waals surface area contributed by atoms with Crippen molar-refractivity contribution in [2.24, 2.45) is 5.73 Å². The Balaban J connectivity index is 0.000000222. The molecule has 50 valence electrons. The molecule has 0 radical (unpaired) electrons. The van der Waals surface area contributed by atoms with Gasteiger partial charge in [0.2, 0.25) is 0 Å². The van der Waals surface area contributed by atoms with Gasteiger partial charge in [0.15, 0.2) is 0 Å². The normalized spacial score (nSPS) is 19.9. The van der Waals surface area contributed by atoms with Gasteiger partial charge in [-0.25, -0.2) is 0 Å². The van der Waals surface area contributed by atoms with Crippen LogP contribution in [0.2, 0.25) is 0 Å². The summed E-state index contributed by atoms with van der Waals surface area (Å²) in [4.78, 5) is 0. The molecule has 0 saturated heterocycles. The van der Waals surface area contributed by atoms with Gasteiger partial charge in [-0.1, -0.05) is 12.8 Å². The standard InChI is InChI=1S/C5H10O.CH5N/c6-5-3-1-2-4-5;1-2/h5-6H,1-4H2;2H2,1H3. The van der Waals surface area contributed by atoms with Crippen molar-refractivity contribution in [2.75, 3.05) is 7.05 Å². The Morgan fingerprint density at radius 1 is 1.25 bits per heavy atom. The van der Waals surface area contributed by atoms with Crippen LogP contribution in [0.4, 0.5) is 0 Å². The van der Waals surface area contributed by atoms with Crippen molar-refractivity contribution in [3.63, 3.8) is 0 Å². The van der Waals surface area contributed by atoms with E-state index in [-0.39, 0.29) is 6.10 Å². The molecule has 0 aromatic rings. The SMILES string of the molecule is CN.OC1CCCC1. The lowest BCUT2D eigenvalue weighted by Crippen LogP contribution is -1.94. The maximum Gasteiger partial charge on any atom is 0.0540 e. The van der Waals surface area contributed by atoms with Gasteiger partial charge in [-0.3, -0.25) is 0 Å². The van der Waals surface area contributed by atoms with Gasteiger partial charge in [-0.2, -0.15) is 0 Å². The van der Waals surface area contributed by atoms with Crippen molar-refractivity contribution < 1.29 is 5.11 Å². The van der Waals surface area contributed by atoms with Gasteiger partial charge < -0.3 is 10.8 Å². The van der Waals surface area contributed by atoms with Crippen LogP contribution in [0, 0.1) is 0 Å². The van der Waals surface area contributed by atoms with Crippen molar-refractivity contribution >= 4 is 0 Å². The molecule has 0 aromatic heterocycles. The van der Waals surface area contributed by atoms with E-state index in [1.165, 1.54) is 19.9 Å². The minimum atomic E-state index is 0.0463. The fourth-order valence-electron chi connectivity index (χ4n) is 0.904. The number of rotatable bonds is 0. The summed E-state index contributed by atoms with van der Waals surface area (Å²) in [5, 5.41) is 8.73. The summed E-state index contributed by atoms with van der Waals surface area (Å²) in [6, 6.07) is 0. The lowest BCUT2D eigenvalue weighted by Gasteiger charge is -1.91. The van der Waals surface area contributed by atoms with Crippen molar-refractivity contribution in [1.82, 2.24) is 0 Å². The largest absolute Gasteiger partial charge is 0.393 e. The summed E-state index contributed by atoms with van der Waals surface area (Å²) in [6.45, 7) is 0. The van der Waals surface area contributed by atoms with Crippen LogP contribution in [0.1, 0.15) is 25.7 Å². The Bertz CT molecular complexity index is 41.8. The van der Waals surface area contributed by atoms with E-state index in [1.807, 2.05) is 0 Å². The molecule has 0 aliphatic heterocycles. The Kier molecular flexibility index (Phi) is 5.01. The lowest BCUT2D eigenvalue weighted by atomic mass is 10.3. The fourth-order valence-corrected chi connectivity index (χ4v) is 0.904. The van der Waals surface area contributed by atoms with Crippen molar-refractivity contribution in [3.05, 3.63) is 0 Å². The minimum Gasteiger partial charge on any atom is -0.393 e. The molecule has 2 heteroatoms. The molecule has 0 unspecified atom stereocenters. The first-order chi connectivity index (χ1) is 3.89. The second-order valence-electron chi connectivity index (χ2n) is 1.94. The van der Waals surface area contributed by atoms with Crippen LogP contribution in [-0.4, -0.2) is 18.3 Å². The van der Waals surface area contributed by atoms with Gasteiger partial charge in [-0.15, -0.1) is 0 Å². The molecule has 2 nitrogen and oxygen atoms in total. The predicted octanol–water partition coefficient (Wildman–Crippen LogP) is 0.496. The maximum absolute atomic E-state index is 8.73. The minimum absolute atomic E-state index is 0.0463. The Labute approximate surface area is 50.7 Å². The van der Waals surface area contributed by atoms with Crippen molar-refractivity contribution in [1.29, 1.82) is 0 Å². The number of nitrogens with two attached hydrogens (primary N) is 1. The quantitative estimate of drug-likeness (QED) is 0.485. The van der Waals surface area contributed by atoms with Crippen molar-refractivity contribution in [2.45, 2.75) is 31.8 Å². The molecule has 1 aliphatic rings. The van der Waals surface area contributed by atoms with Gasteiger partial charge in [0.05, 0.1) is 6.10 Å². The van der Waals surface area contributed by atoms with Gasteiger partial charge in [0.1, 0.15) is 0 Å². The molecular weight excluding hydrogens is 102 g/mol. The van der Waals surface area contributed by atoms with E-state index in [2.05, 4.69) is 5.73 Å². The van der Waals surface area contributed by atoms with Gasteiger partial charge in [0, 0.05) is 0 Å². The van der Waals surface area contributed by atoms with Crippen LogP contribution >= 0.6 is 0 Å². The first kappa shape index (κ1) is 7.92. The average Bonchev–Trinajstić information content (AvgIpc) is 2.24. The molecular formula is C6H15NO. The molecule has 0 aromatic carbocycles.